The summed E-state index contributed by atoms with van der Waals surface area (Å²) in [5, 5.41) is 12.5. The van der Waals surface area contributed by atoms with E-state index < -0.39 is 35.1 Å². The van der Waals surface area contributed by atoms with Crippen LogP contribution in [0.15, 0.2) is 47.4 Å². The summed E-state index contributed by atoms with van der Waals surface area (Å²) in [5.74, 6) is -2.12. The second-order valence-electron chi connectivity index (χ2n) is 7.00. The minimum Gasteiger partial charge on any atom is -0.392 e. The molecule has 0 fully saturated rings. The van der Waals surface area contributed by atoms with E-state index >= 15 is 0 Å². The monoisotopic (exact) mass is 456 g/mol. The van der Waals surface area contributed by atoms with Crippen LogP contribution in [0.1, 0.15) is 28.4 Å². The molecule has 0 radical (unpaired) electrons. The molecule has 3 rings (SSSR count). The number of alkyl halides is 3. The fourth-order valence-corrected chi connectivity index (χ4v) is 3.42. The Bertz CT molecular complexity index is 1210. The lowest BCUT2D eigenvalue weighted by atomic mass is 10.0. The quantitative estimate of drug-likeness (QED) is 0.567. The average molecular weight is 457 g/mol. The minimum absolute atomic E-state index is 0.00727. The number of aromatic nitrogens is 1. The number of pyridine rings is 1. The molecule has 0 saturated carbocycles. The summed E-state index contributed by atoms with van der Waals surface area (Å²) < 4.78 is 53.1. The Morgan fingerprint density at radius 2 is 1.90 bits per heavy atom. The zero-order valence-electron chi connectivity index (χ0n) is 16.1. The van der Waals surface area contributed by atoms with E-state index in [2.05, 4.69) is 5.32 Å². The molecule has 0 spiro atoms. The van der Waals surface area contributed by atoms with E-state index in [-0.39, 0.29) is 40.0 Å². The second-order valence-corrected chi connectivity index (χ2v) is 7.41. The number of rotatable bonds is 5. The van der Waals surface area contributed by atoms with Gasteiger partial charge in [-0.1, -0.05) is 17.7 Å². The normalized spacial score (nSPS) is 12.7. The summed E-state index contributed by atoms with van der Waals surface area (Å²) in [5.41, 5.74) is -1.69. The van der Waals surface area contributed by atoms with Crippen molar-refractivity contribution < 1.29 is 27.5 Å². The number of hydrogen-bond donors (Lipinski definition) is 2. The van der Waals surface area contributed by atoms with E-state index in [1.807, 2.05) is 0 Å². The van der Waals surface area contributed by atoms with Gasteiger partial charge in [0.15, 0.2) is 0 Å². The van der Waals surface area contributed by atoms with Crippen LogP contribution in [0.2, 0.25) is 5.02 Å². The van der Waals surface area contributed by atoms with Gasteiger partial charge in [0, 0.05) is 23.5 Å². The van der Waals surface area contributed by atoms with Crippen LogP contribution < -0.4 is 10.9 Å². The van der Waals surface area contributed by atoms with Gasteiger partial charge in [-0.3, -0.25) is 9.59 Å². The molecule has 10 heteroatoms. The molecule has 2 N–H and O–H groups in total. The summed E-state index contributed by atoms with van der Waals surface area (Å²) >= 11 is 6.16. The first kappa shape index (κ1) is 22.8. The number of nitrogens with one attached hydrogen (secondary N) is 1. The van der Waals surface area contributed by atoms with Crippen molar-refractivity contribution in [2.24, 2.45) is 0 Å². The molecular formula is C21H17ClF4N2O3. The highest BCUT2D eigenvalue weighted by atomic mass is 35.5. The lowest BCUT2D eigenvalue weighted by Crippen LogP contribution is -2.27. The molecule has 1 atom stereocenters. The highest BCUT2D eigenvalue weighted by Crippen LogP contribution is 2.31. The van der Waals surface area contributed by atoms with Crippen LogP contribution in [0.3, 0.4) is 0 Å². The van der Waals surface area contributed by atoms with E-state index in [0.29, 0.717) is 12.1 Å². The van der Waals surface area contributed by atoms with Crippen molar-refractivity contribution in [1.82, 2.24) is 9.88 Å². The summed E-state index contributed by atoms with van der Waals surface area (Å²) in [7, 11) is 0. The lowest BCUT2D eigenvalue weighted by molar-refractivity contribution is -0.140. The van der Waals surface area contributed by atoms with Crippen LogP contribution in [0.25, 0.3) is 10.8 Å². The zero-order chi connectivity index (χ0) is 22.9. The third kappa shape index (κ3) is 4.88. The van der Waals surface area contributed by atoms with Crippen molar-refractivity contribution in [3.05, 3.63) is 80.5 Å². The molecule has 164 valence electrons. The van der Waals surface area contributed by atoms with Gasteiger partial charge < -0.3 is 15.0 Å². The number of nitrogens with zero attached hydrogens (tertiary/aromatic N) is 1. The van der Waals surface area contributed by atoms with Gasteiger partial charge >= 0.3 is 6.18 Å². The molecular weight excluding hydrogens is 440 g/mol. The topological polar surface area (TPSA) is 71.3 Å². The number of fused-ring (bicyclic) bond motifs is 1. The summed E-state index contributed by atoms with van der Waals surface area (Å²) in [6, 6.07) is 6.71. The number of carbonyl (C=O) groups excluding carboxylic acids is 1. The zero-order valence-corrected chi connectivity index (χ0v) is 16.9. The highest BCUT2D eigenvalue weighted by molar-refractivity contribution is 6.35. The number of aliphatic hydroxyl groups is 1. The lowest BCUT2D eigenvalue weighted by Gasteiger charge is -2.13. The maximum atomic E-state index is 13.7. The van der Waals surface area contributed by atoms with Gasteiger partial charge in [0.1, 0.15) is 5.82 Å². The Balaban J connectivity index is 1.89. The number of hydrogen-bond acceptors (Lipinski definition) is 3. The molecule has 31 heavy (non-hydrogen) atoms. The first-order chi connectivity index (χ1) is 14.5. The molecule has 3 aromatic rings. The molecule has 0 unspecified atom stereocenters. The van der Waals surface area contributed by atoms with E-state index in [4.69, 9.17) is 11.6 Å². The number of aliphatic hydroxyl groups excluding tert-OH is 1. The van der Waals surface area contributed by atoms with Gasteiger partial charge in [-0.2, -0.15) is 13.2 Å². The van der Waals surface area contributed by atoms with Crippen LogP contribution in [-0.2, 0) is 19.3 Å². The van der Waals surface area contributed by atoms with Gasteiger partial charge in [0.05, 0.1) is 28.8 Å². The van der Waals surface area contributed by atoms with Gasteiger partial charge in [-0.15, -0.1) is 0 Å². The van der Waals surface area contributed by atoms with Crippen molar-refractivity contribution in [3.63, 3.8) is 0 Å². The number of halogens is 5. The molecule has 1 aromatic heterocycles. The molecule has 0 saturated heterocycles. The fraction of sp³-hybridized carbons (Fsp3) is 0.238. The standard InChI is InChI=1S/C21H17ClF4N2O3/c1-11(29)10-28-7-6-13-14(20(28)31)3-5-16(22)18(13)19(30)27-9-12-2-4-15(17(23)8-12)21(24,25)26/h2-8,11,29H,9-10H2,1H3,(H,27,30)/t11-/m1/s1. The average Bonchev–Trinajstić information content (AvgIpc) is 2.67. The summed E-state index contributed by atoms with van der Waals surface area (Å²) in [6.07, 6.45) is -4.15. The fourth-order valence-electron chi connectivity index (χ4n) is 3.17. The van der Waals surface area contributed by atoms with Crippen LogP contribution >= 0.6 is 11.6 Å². The van der Waals surface area contributed by atoms with E-state index in [1.165, 1.54) is 35.9 Å². The largest absolute Gasteiger partial charge is 0.419 e. The van der Waals surface area contributed by atoms with E-state index in [1.54, 1.807) is 0 Å². The molecule has 0 bridgehead atoms. The van der Waals surface area contributed by atoms with Crippen LogP contribution in [-0.4, -0.2) is 21.7 Å². The van der Waals surface area contributed by atoms with Gasteiger partial charge in [-0.05, 0) is 42.8 Å². The third-order valence-corrected chi connectivity index (χ3v) is 4.90. The molecule has 1 amide bonds. The van der Waals surface area contributed by atoms with Crippen molar-refractivity contribution >= 4 is 28.3 Å². The maximum absolute atomic E-state index is 13.7. The Hall–Kier alpha value is -2.91. The first-order valence-electron chi connectivity index (χ1n) is 9.12. The molecule has 1 heterocycles. The maximum Gasteiger partial charge on any atom is 0.419 e. The van der Waals surface area contributed by atoms with Crippen molar-refractivity contribution in [3.8, 4) is 0 Å². The SMILES string of the molecule is C[C@@H](O)Cn1ccc2c(C(=O)NCc3ccc(C(F)(F)F)c(F)c3)c(Cl)ccc2c1=O. The Morgan fingerprint density at radius 1 is 1.19 bits per heavy atom. The Kier molecular flexibility index (Phi) is 6.38. The van der Waals surface area contributed by atoms with Crippen LogP contribution in [0.5, 0.6) is 0 Å². The molecule has 0 aliphatic carbocycles. The number of amides is 1. The van der Waals surface area contributed by atoms with Crippen molar-refractivity contribution in [2.75, 3.05) is 0 Å². The van der Waals surface area contributed by atoms with Crippen LogP contribution in [0, 0.1) is 5.82 Å². The highest BCUT2D eigenvalue weighted by Gasteiger charge is 2.33. The molecule has 2 aromatic carbocycles. The predicted octanol–water partition coefficient (Wildman–Crippen LogP) is 4.12. The minimum atomic E-state index is -4.82. The van der Waals surface area contributed by atoms with Crippen molar-refractivity contribution in [1.29, 1.82) is 0 Å². The van der Waals surface area contributed by atoms with Gasteiger partial charge in [0.25, 0.3) is 11.5 Å². The second kappa shape index (κ2) is 8.68. The van der Waals surface area contributed by atoms with Crippen molar-refractivity contribution in [2.45, 2.75) is 32.3 Å². The van der Waals surface area contributed by atoms with E-state index in [9.17, 15) is 32.3 Å². The number of carbonyl (C=O) groups is 1. The Labute approximate surface area is 178 Å². The number of benzene rings is 2. The molecule has 0 aliphatic rings. The summed E-state index contributed by atoms with van der Waals surface area (Å²) in [4.78, 5) is 25.3. The van der Waals surface area contributed by atoms with Gasteiger partial charge in [-0.25, -0.2) is 4.39 Å². The first-order valence-corrected chi connectivity index (χ1v) is 9.50. The smallest absolute Gasteiger partial charge is 0.392 e. The predicted molar refractivity (Wildman–Crippen MR) is 107 cm³/mol. The van der Waals surface area contributed by atoms with E-state index in [0.717, 1.165) is 6.07 Å². The third-order valence-electron chi connectivity index (χ3n) is 4.59. The summed E-state index contributed by atoms with van der Waals surface area (Å²) in [6.45, 7) is 1.35. The molecule has 5 nitrogen and oxygen atoms in total. The van der Waals surface area contributed by atoms with Crippen LogP contribution in [0.4, 0.5) is 17.6 Å². The van der Waals surface area contributed by atoms with Gasteiger partial charge in [0.2, 0.25) is 0 Å². The molecule has 0 aliphatic heterocycles. The Morgan fingerprint density at radius 3 is 2.52 bits per heavy atom.